The van der Waals surface area contributed by atoms with Gasteiger partial charge in [-0.25, -0.2) is 4.98 Å². The zero-order chi connectivity index (χ0) is 53.0. The van der Waals surface area contributed by atoms with Crippen molar-refractivity contribution in [3.8, 4) is 39.6 Å². The van der Waals surface area contributed by atoms with Crippen LogP contribution in [0.25, 0.3) is 49.9 Å². The second-order valence-corrected chi connectivity index (χ2v) is 22.7. The molecule has 0 radical (unpaired) electrons. The summed E-state index contributed by atoms with van der Waals surface area (Å²) in [5, 5.41) is 2.11. The summed E-state index contributed by atoms with van der Waals surface area (Å²) < 4.78 is 52.0. The van der Waals surface area contributed by atoms with Crippen molar-refractivity contribution in [2.24, 2.45) is 0 Å². The molecule has 0 spiro atoms. The minimum absolute atomic E-state index is 0.0520. The molecule has 0 unspecified atom stereocenters. The molecular formula is C64H66N4O. The molecule has 0 amide bonds. The Balaban J connectivity index is 1.09. The Morgan fingerprint density at radius 2 is 1.17 bits per heavy atom. The molecule has 69 heavy (non-hydrogen) atoms. The maximum absolute atomic E-state index is 8.88. The average molecular weight is 912 g/mol. The topological polar surface area (TPSA) is 33.5 Å². The van der Waals surface area contributed by atoms with Crippen molar-refractivity contribution in [1.82, 2.24) is 9.55 Å². The van der Waals surface area contributed by atoms with Crippen LogP contribution >= 0.6 is 0 Å². The number of fused-ring (bicyclic) bond motifs is 4. The van der Waals surface area contributed by atoms with Crippen LogP contribution < -0.4 is 14.5 Å². The highest BCUT2D eigenvalue weighted by Gasteiger charge is 2.33. The molecule has 2 aromatic heterocycles. The zero-order valence-electron chi connectivity index (χ0n) is 47.2. The average Bonchev–Trinajstić information content (AvgIpc) is 3.92. The molecule has 1 aliphatic heterocycles. The molecular weight excluding hydrogens is 841 g/mol. The fraction of sp³-hybridized carbons (Fsp3) is 0.266. The van der Waals surface area contributed by atoms with Gasteiger partial charge >= 0.3 is 0 Å². The number of ether oxygens (including phenoxy) is 1. The van der Waals surface area contributed by atoms with E-state index in [1.54, 1.807) is 6.20 Å². The van der Waals surface area contributed by atoms with Crippen LogP contribution in [0.1, 0.15) is 112 Å². The fourth-order valence-electron chi connectivity index (χ4n) is 9.64. The Bertz CT molecular complexity index is 3620. The van der Waals surface area contributed by atoms with Crippen molar-refractivity contribution in [3.05, 3.63) is 192 Å². The first kappa shape index (κ1) is 39.8. The van der Waals surface area contributed by atoms with E-state index >= 15 is 0 Å². The number of nitrogens with zero attached hydrogens (tertiary/aromatic N) is 4. The summed E-state index contributed by atoms with van der Waals surface area (Å²) >= 11 is 0. The Hall–Kier alpha value is -7.11. The molecule has 0 bridgehead atoms. The number of rotatable bonds is 7. The van der Waals surface area contributed by atoms with E-state index in [9.17, 15) is 0 Å². The van der Waals surface area contributed by atoms with Crippen LogP contribution in [-0.4, -0.2) is 16.2 Å². The highest BCUT2D eigenvalue weighted by molar-refractivity contribution is 6.10. The summed E-state index contributed by atoms with van der Waals surface area (Å²) in [6.07, 6.45) is 1.67. The minimum atomic E-state index is -0.491. The lowest BCUT2D eigenvalue weighted by Gasteiger charge is -2.30. The van der Waals surface area contributed by atoms with E-state index < -0.39 is 11.5 Å². The Labute approximate surface area is 417 Å². The Morgan fingerprint density at radius 3 is 1.86 bits per heavy atom. The molecule has 0 aliphatic carbocycles. The van der Waals surface area contributed by atoms with Gasteiger partial charge in [0.25, 0.3) is 0 Å². The SMILES string of the molecule is [2H]c1c([2H])c([2H])c(-c2cnc(-n3c4ccc(C(C)(C)C)cc4c4ccc(Oc5cccc(N6CN(c7cc(C(C)(C)C)cc(C(C)(C)C)c7)c7c(-c8ccccc8)cccc76)c5)cc43)cc2C(C)(C)C)c([2H])c1[2H]. The van der Waals surface area contributed by atoms with Gasteiger partial charge in [0.1, 0.15) is 24.0 Å². The lowest BCUT2D eigenvalue weighted by Crippen LogP contribution is -2.25. The molecule has 5 heteroatoms. The van der Waals surface area contributed by atoms with Gasteiger partial charge in [-0.3, -0.25) is 4.57 Å². The van der Waals surface area contributed by atoms with E-state index in [0.717, 1.165) is 55.7 Å². The largest absolute Gasteiger partial charge is 0.457 e. The molecule has 348 valence electrons. The summed E-state index contributed by atoms with van der Waals surface area (Å²) in [5.74, 6) is 1.99. The first-order chi connectivity index (χ1) is 34.8. The number of aromatic nitrogens is 2. The normalized spacial score (nSPS) is 14.4. The molecule has 5 nitrogen and oxygen atoms in total. The maximum atomic E-state index is 8.88. The molecule has 10 rings (SSSR count). The third-order valence-electron chi connectivity index (χ3n) is 13.6. The smallest absolute Gasteiger partial charge is 0.137 e. The Kier molecular flexibility index (Phi) is 9.72. The molecule has 0 saturated heterocycles. The van der Waals surface area contributed by atoms with Gasteiger partial charge in [-0.2, -0.15) is 0 Å². The third-order valence-corrected chi connectivity index (χ3v) is 13.6. The molecule has 7 aromatic carbocycles. The van der Waals surface area contributed by atoms with Crippen molar-refractivity contribution < 1.29 is 11.6 Å². The molecule has 9 aromatic rings. The second-order valence-electron chi connectivity index (χ2n) is 22.7. The zero-order valence-corrected chi connectivity index (χ0v) is 42.2. The van der Waals surface area contributed by atoms with Crippen LogP contribution in [0.5, 0.6) is 11.5 Å². The van der Waals surface area contributed by atoms with Crippen LogP contribution in [0.2, 0.25) is 0 Å². The monoisotopic (exact) mass is 912 g/mol. The quantitative estimate of drug-likeness (QED) is 0.160. The molecule has 0 fully saturated rings. The van der Waals surface area contributed by atoms with Crippen LogP contribution in [0, 0.1) is 0 Å². The van der Waals surface area contributed by atoms with Gasteiger partial charge < -0.3 is 14.5 Å². The van der Waals surface area contributed by atoms with Gasteiger partial charge in [-0.05, 0) is 116 Å². The van der Waals surface area contributed by atoms with E-state index in [0.29, 0.717) is 29.5 Å². The first-order valence-corrected chi connectivity index (χ1v) is 24.1. The van der Waals surface area contributed by atoms with Crippen molar-refractivity contribution in [1.29, 1.82) is 0 Å². The summed E-state index contributed by atoms with van der Waals surface area (Å²) in [4.78, 5) is 9.92. The van der Waals surface area contributed by atoms with Crippen LogP contribution in [0.3, 0.4) is 0 Å². The van der Waals surface area contributed by atoms with Gasteiger partial charge in [0.05, 0.1) is 29.3 Å². The van der Waals surface area contributed by atoms with Crippen molar-refractivity contribution in [2.45, 2.75) is 105 Å². The summed E-state index contributed by atoms with van der Waals surface area (Å²) in [5.41, 5.74) is 13.2. The standard InChI is InChI=1S/C64H66N4O/c1-61(2,3)44-29-32-56-53(36-44)52-31-30-50(38-58(52)68(56)59-39-55(64(10,11)12)54(40-65-59)43-23-17-14-18-24-43)69-49-26-19-25-47(37-49)66-41-67(48-34-45(62(4,5)6)33-46(35-48)63(7,8)9)60-51(27-20-28-57(60)66)42-21-15-13-16-22-42/h13-40H,41H2,1-12H3/i14D,17D,18D,23D,24D. The molecule has 1 aliphatic rings. The van der Waals surface area contributed by atoms with Gasteiger partial charge in [-0.15, -0.1) is 0 Å². The van der Waals surface area contributed by atoms with Crippen molar-refractivity contribution in [2.75, 3.05) is 16.5 Å². The maximum Gasteiger partial charge on any atom is 0.137 e. The molecule has 0 atom stereocenters. The Morgan fingerprint density at radius 1 is 0.493 bits per heavy atom. The number of hydrogen-bond acceptors (Lipinski definition) is 4. The highest BCUT2D eigenvalue weighted by atomic mass is 16.5. The van der Waals surface area contributed by atoms with E-state index in [1.165, 1.54) is 22.3 Å². The van der Waals surface area contributed by atoms with Gasteiger partial charge in [0, 0.05) is 51.6 Å². The number of pyridine rings is 1. The summed E-state index contributed by atoms with van der Waals surface area (Å²) in [6.45, 7) is 27.2. The lowest BCUT2D eigenvalue weighted by atomic mass is 9.80. The van der Waals surface area contributed by atoms with Crippen LogP contribution in [-0.2, 0) is 21.7 Å². The van der Waals surface area contributed by atoms with E-state index in [1.807, 2.05) is 18.2 Å². The van der Waals surface area contributed by atoms with Crippen LogP contribution in [0.4, 0.5) is 22.7 Å². The molecule has 0 saturated carbocycles. The number of hydrogen-bond donors (Lipinski definition) is 0. The molecule has 0 N–H and O–H groups in total. The molecule has 3 heterocycles. The fourth-order valence-corrected chi connectivity index (χ4v) is 9.64. The predicted molar refractivity (Wildman–Crippen MR) is 293 cm³/mol. The van der Waals surface area contributed by atoms with Crippen molar-refractivity contribution >= 4 is 44.6 Å². The van der Waals surface area contributed by atoms with Gasteiger partial charge in [0.2, 0.25) is 0 Å². The second kappa shape index (κ2) is 16.8. The summed E-state index contributed by atoms with van der Waals surface area (Å²) in [6, 6.07) is 45.9. The predicted octanol–water partition coefficient (Wildman–Crippen LogP) is 17.7. The lowest BCUT2D eigenvalue weighted by molar-refractivity contribution is 0.483. The highest BCUT2D eigenvalue weighted by Crippen LogP contribution is 2.51. The summed E-state index contributed by atoms with van der Waals surface area (Å²) in [7, 11) is 0. The van der Waals surface area contributed by atoms with Gasteiger partial charge in [-0.1, -0.05) is 174 Å². The number of anilines is 4. The minimum Gasteiger partial charge on any atom is -0.457 e. The van der Waals surface area contributed by atoms with E-state index in [4.69, 9.17) is 16.6 Å². The van der Waals surface area contributed by atoms with E-state index in [2.05, 4.69) is 213 Å². The number of para-hydroxylation sites is 1. The number of benzene rings is 7. The van der Waals surface area contributed by atoms with E-state index in [-0.39, 0.29) is 46.0 Å². The van der Waals surface area contributed by atoms with Crippen molar-refractivity contribution in [3.63, 3.8) is 0 Å². The van der Waals surface area contributed by atoms with Crippen LogP contribution in [0.15, 0.2) is 170 Å². The van der Waals surface area contributed by atoms with Gasteiger partial charge in [0.15, 0.2) is 0 Å². The third kappa shape index (κ3) is 8.69. The first-order valence-electron chi connectivity index (χ1n) is 26.6.